The van der Waals surface area contributed by atoms with Crippen molar-refractivity contribution in [1.82, 2.24) is 10.2 Å². The minimum absolute atomic E-state index is 0.183. The molecule has 0 bridgehead atoms. The van der Waals surface area contributed by atoms with Crippen LogP contribution in [0.1, 0.15) is 70.7 Å². The van der Waals surface area contributed by atoms with Gasteiger partial charge in [-0.2, -0.15) is 0 Å². The summed E-state index contributed by atoms with van der Waals surface area (Å²) in [5, 5.41) is 7.93. The van der Waals surface area contributed by atoms with Crippen LogP contribution >= 0.6 is 0 Å². The highest BCUT2D eigenvalue weighted by Gasteiger charge is 2.38. The molecule has 3 amide bonds. The van der Waals surface area contributed by atoms with Gasteiger partial charge in [0.25, 0.3) is 5.91 Å². The first-order valence-corrected chi connectivity index (χ1v) is 14.0. The number of hydrogen-bond donors (Lipinski definition) is 2. The van der Waals surface area contributed by atoms with Gasteiger partial charge in [-0.15, -0.1) is 0 Å². The molecule has 2 N–H and O–H groups in total. The summed E-state index contributed by atoms with van der Waals surface area (Å²) in [5.41, 5.74) is 2.64. The quantitative estimate of drug-likeness (QED) is 0.305. The van der Waals surface area contributed by atoms with Crippen LogP contribution in [0.2, 0.25) is 0 Å². The fourth-order valence-electron chi connectivity index (χ4n) is 4.76. The lowest BCUT2D eigenvalue weighted by Gasteiger charge is -2.36. The summed E-state index contributed by atoms with van der Waals surface area (Å²) >= 11 is 0. The van der Waals surface area contributed by atoms with Crippen molar-refractivity contribution in [3.63, 3.8) is 0 Å². The van der Waals surface area contributed by atoms with Crippen molar-refractivity contribution >= 4 is 34.4 Å². The van der Waals surface area contributed by atoms with Crippen LogP contribution in [-0.4, -0.2) is 41.0 Å². The number of amides is 3. The predicted octanol–water partition coefficient (Wildman–Crippen LogP) is 6.92. The molecule has 40 heavy (non-hydrogen) atoms. The number of anilines is 1. The lowest BCUT2D eigenvalue weighted by Crippen LogP contribution is -2.54. The van der Waals surface area contributed by atoms with Crippen molar-refractivity contribution in [3.05, 3.63) is 77.4 Å². The van der Waals surface area contributed by atoms with E-state index in [-0.39, 0.29) is 24.3 Å². The number of fused-ring (bicyclic) bond motifs is 1. The minimum atomic E-state index is -0.907. The normalized spacial score (nSPS) is 13.7. The lowest BCUT2D eigenvalue weighted by molar-refractivity contribution is -0.141. The third-order valence-electron chi connectivity index (χ3n) is 7.29. The SMILES string of the molecule is CCC(C)C(NC(=O)OC(C)(C)C)C(=O)N(CC)C(C(=O)Nc1ccc2ccccc2c1)c1cccc(C)c1C. The summed E-state index contributed by atoms with van der Waals surface area (Å²) in [6, 6.07) is 17.7. The molecule has 0 heterocycles. The third kappa shape index (κ3) is 7.40. The van der Waals surface area contributed by atoms with Gasteiger partial charge in [0.1, 0.15) is 17.7 Å². The molecule has 214 valence electrons. The number of alkyl carbamates (subject to hydrolysis) is 1. The number of nitrogens with zero attached hydrogens (tertiary/aromatic N) is 1. The Hall–Kier alpha value is -3.87. The number of carbonyl (C=O) groups excluding carboxylic acids is 3. The molecule has 3 rings (SSSR count). The molecule has 0 radical (unpaired) electrons. The summed E-state index contributed by atoms with van der Waals surface area (Å²) < 4.78 is 5.47. The van der Waals surface area contributed by atoms with E-state index in [2.05, 4.69) is 10.6 Å². The molecule has 0 aliphatic carbocycles. The topological polar surface area (TPSA) is 87.7 Å². The lowest BCUT2D eigenvalue weighted by atomic mass is 9.93. The summed E-state index contributed by atoms with van der Waals surface area (Å²) in [4.78, 5) is 42.6. The molecule has 0 aliphatic rings. The average molecular weight is 546 g/mol. The molecule has 3 aromatic rings. The van der Waals surface area contributed by atoms with Crippen LogP contribution in [0.4, 0.5) is 10.5 Å². The average Bonchev–Trinajstić information content (AvgIpc) is 2.90. The van der Waals surface area contributed by atoms with Crippen LogP contribution in [0.3, 0.4) is 0 Å². The van der Waals surface area contributed by atoms with Gasteiger partial charge in [-0.3, -0.25) is 9.59 Å². The third-order valence-corrected chi connectivity index (χ3v) is 7.29. The van der Waals surface area contributed by atoms with E-state index in [1.54, 1.807) is 25.7 Å². The van der Waals surface area contributed by atoms with E-state index in [1.165, 1.54) is 0 Å². The molecule has 7 heteroatoms. The molecule has 0 fully saturated rings. The van der Waals surface area contributed by atoms with Gasteiger partial charge < -0.3 is 20.3 Å². The molecule has 3 unspecified atom stereocenters. The first kappa shape index (κ1) is 30.7. The van der Waals surface area contributed by atoms with E-state index in [0.717, 1.165) is 27.5 Å². The second-order valence-corrected chi connectivity index (χ2v) is 11.4. The van der Waals surface area contributed by atoms with Gasteiger partial charge in [-0.1, -0.05) is 68.8 Å². The zero-order valence-electron chi connectivity index (χ0n) is 25.0. The van der Waals surface area contributed by atoms with E-state index in [4.69, 9.17) is 4.74 Å². The Kier molecular flexibility index (Phi) is 9.96. The summed E-state index contributed by atoms with van der Waals surface area (Å²) in [6.07, 6.45) is -0.00706. The van der Waals surface area contributed by atoms with Crippen molar-refractivity contribution in [2.45, 2.75) is 79.5 Å². The molecule has 0 aliphatic heterocycles. The number of carbonyl (C=O) groups is 3. The number of benzene rings is 3. The molecule has 3 aromatic carbocycles. The van der Waals surface area contributed by atoms with Crippen LogP contribution in [0.15, 0.2) is 60.7 Å². The Labute approximate surface area is 238 Å². The van der Waals surface area contributed by atoms with Gasteiger partial charge in [0.05, 0.1) is 0 Å². The van der Waals surface area contributed by atoms with E-state index in [0.29, 0.717) is 12.1 Å². The van der Waals surface area contributed by atoms with E-state index >= 15 is 0 Å². The highest BCUT2D eigenvalue weighted by Crippen LogP contribution is 2.30. The Morgan fingerprint density at radius 1 is 0.925 bits per heavy atom. The molecule has 0 aromatic heterocycles. The maximum Gasteiger partial charge on any atom is 0.408 e. The highest BCUT2D eigenvalue weighted by molar-refractivity contribution is 6.00. The largest absolute Gasteiger partial charge is 0.444 e. The summed E-state index contributed by atoms with van der Waals surface area (Å²) in [7, 11) is 0. The summed E-state index contributed by atoms with van der Waals surface area (Å²) in [5.74, 6) is -0.835. The van der Waals surface area contributed by atoms with E-state index in [1.807, 2.05) is 95.3 Å². The van der Waals surface area contributed by atoms with Crippen LogP contribution in [0.25, 0.3) is 10.8 Å². The van der Waals surface area contributed by atoms with Crippen molar-refractivity contribution < 1.29 is 19.1 Å². The zero-order chi connectivity index (χ0) is 29.6. The molecular weight excluding hydrogens is 502 g/mol. The second-order valence-electron chi connectivity index (χ2n) is 11.4. The first-order chi connectivity index (χ1) is 18.9. The number of nitrogens with one attached hydrogen (secondary N) is 2. The van der Waals surface area contributed by atoms with Gasteiger partial charge >= 0.3 is 6.09 Å². The molecule has 0 saturated carbocycles. The van der Waals surface area contributed by atoms with Crippen LogP contribution < -0.4 is 10.6 Å². The van der Waals surface area contributed by atoms with Crippen molar-refractivity contribution in [1.29, 1.82) is 0 Å². The number of likely N-dealkylation sites (N-methyl/N-ethyl adjacent to an activating group) is 1. The molecule has 7 nitrogen and oxygen atoms in total. The zero-order valence-corrected chi connectivity index (χ0v) is 25.0. The van der Waals surface area contributed by atoms with Crippen molar-refractivity contribution in [2.24, 2.45) is 5.92 Å². The molecular formula is C33H43N3O4. The Balaban J connectivity index is 2.03. The maximum absolute atomic E-state index is 14.2. The minimum Gasteiger partial charge on any atom is -0.444 e. The standard InChI is InChI=1S/C33H43N3O4/c1-9-21(3)28(35-32(39)40-33(6,7)8)31(38)36(10-2)29(27-17-13-14-22(4)23(27)5)30(37)34-26-19-18-24-15-11-12-16-25(24)20-26/h11-21,28-29H,9-10H2,1-8H3,(H,34,37)(H,35,39). The fourth-order valence-corrected chi connectivity index (χ4v) is 4.76. The monoisotopic (exact) mass is 545 g/mol. The van der Waals surface area contributed by atoms with Crippen molar-refractivity contribution in [3.8, 4) is 0 Å². The summed E-state index contributed by atoms with van der Waals surface area (Å²) in [6.45, 7) is 15.3. The van der Waals surface area contributed by atoms with Crippen LogP contribution in [0, 0.1) is 19.8 Å². The van der Waals surface area contributed by atoms with Crippen LogP contribution in [0.5, 0.6) is 0 Å². The van der Waals surface area contributed by atoms with E-state index in [9.17, 15) is 14.4 Å². The van der Waals surface area contributed by atoms with Gasteiger partial charge in [0, 0.05) is 12.2 Å². The predicted molar refractivity (Wildman–Crippen MR) is 161 cm³/mol. The van der Waals surface area contributed by atoms with Gasteiger partial charge in [-0.05, 0) is 87.1 Å². The number of hydrogen-bond acceptors (Lipinski definition) is 4. The Morgan fingerprint density at radius 3 is 2.23 bits per heavy atom. The van der Waals surface area contributed by atoms with Gasteiger partial charge in [0.15, 0.2) is 0 Å². The van der Waals surface area contributed by atoms with Gasteiger partial charge in [-0.25, -0.2) is 4.79 Å². The number of rotatable bonds is 9. The molecule has 3 atom stereocenters. The maximum atomic E-state index is 14.2. The van der Waals surface area contributed by atoms with Gasteiger partial charge in [0.2, 0.25) is 5.91 Å². The Bertz CT molecular complexity index is 1360. The second kappa shape index (κ2) is 13.0. The van der Waals surface area contributed by atoms with E-state index < -0.39 is 23.8 Å². The van der Waals surface area contributed by atoms with Crippen molar-refractivity contribution in [2.75, 3.05) is 11.9 Å². The molecule has 0 spiro atoms. The number of ether oxygens (including phenoxy) is 1. The molecule has 0 saturated heterocycles. The first-order valence-electron chi connectivity index (χ1n) is 14.0. The smallest absolute Gasteiger partial charge is 0.408 e. The number of aryl methyl sites for hydroxylation is 1. The fraction of sp³-hybridized carbons (Fsp3) is 0.424. The van der Waals surface area contributed by atoms with Crippen LogP contribution in [-0.2, 0) is 14.3 Å². The highest BCUT2D eigenvalue weighted by atomic mass is 16.6. The Morgan fingerprint density at radius 2 is 1.60 bits per heavy atom.